The topological polar surface area (TPSA) is 59.4 Å². The summed E-state index contributed by atoms with van der Waals surface area (Å²) in [4.78, 5) is 15.4. The summed E-state index contributed by atoms with van der Waals surface area (Å²) in [5.41, 5.74) is 4.05. The minimum absolute atomic E-state index is 0. The fraction of sp³-hybridized carbons (Fsp3) is 0.500. The summed E-state index contributed by atoms with van der Waals surface area (Å²) in [6.45, 7) is 8.19. The van der Waals surface area contributed by atoms with Crippen molar-refractivity contribution in [3.63, 3.8) is 0 Å². The molecular formula is C20H30Cl2N4O2. The molecule has 1 aromatic heterocycles. The van der Waals surface area contributed by atoms with Crippen LogP contribution in [0.15, 0.2) is 24.3 Å². The molecule has 156 valence electrons. The van der Waals surface area contributed by atoms with E-state index in [1.54, 1.807) is 7.11 Å². The Hall–Kier alpha value is -1.76. The third-order valence-electron chi connectivity index (χ3n) is 5.39. The van der Waals surface area contributed by atoms with E-state index in [1.165, 1.54) is 0 Å². The summed E-state index contributed by atoms with van der Waals surface area (Å²) in [5.74, 6) is 0.737. The van der Waals surface area contributed by atoms with Gasteiger partial charge in [0, 0.05) is 43.5 Å². The highest BCUT2D eigenvalue weighted by Crippen LogP contribution is 2.33. The number of ether oxygens (including phenoxy) is 1. The number of hydrogen-bond donors (Lipinski definition) is 1. The molecule has 3 rings (SSSR count). The van der Waals surface area contributed by atoms with Gasteiger partial charge < -0.3 is 15.0 Å². The van der Waals surface area contributed by atoms with Gasteiger partial charge in [-0.05, 0) is 26.8 Å². The summed E-state index contributed by atoms with van der Waals surface area (Å²) in [5, 5.41) is 7.89. The first-order valence-corrected chi connectivity index (χ1v) is 9.10. The van der Waals surface area contributed by atoms with E-state index < -0.39 is 0 Å². The van der Waals surface area contributed by atoms with Gasteiger partial charge in [-0.2, -0.15) is 5.10 Å². The molecule has 2 aromatic rings. The molecular weight excluding hydrogens is 399 g/mol. The van der Waals surface area contributed by atoms with Crippen molar-refractivity contribution in [2.24, 2.45) is 7.05 Å². The van der Waals surface area contributed by atoms with E-state index in [9.17, 15) is 4.79 Å². The number of carbonyl (C=O) groups excluding carboxylic acids is 1. The molecule has 2 heterocycles. The van der Waals surface area contributed by atoms with Crippen LogP contribution in [-0.4, -0.2) is 47.3 Å². The molecule has 0 aliphatic carbocycles. The number of piperazine rings is 1. The number of para-hydroxylation sites is 1. The molecule has 0 spiro atoms. The number of aromatic nitrogens is 2. The highest BCUT2D eigenvalue weighted by Gasteiger charge is 2.34. The largest absolute Gasteiger partial charge is 0.496 e. The Balaban J connectivity index is 0.00000196. The lowest BCUT2D eigenvalue weighted by Crippen LogP contribution is -2.50. The number of amides is 1. The Morgan fingerprint density at radius 1 is 1.29 bits per heavy atom. The average Bonchev–Trinajstić information content (AvgIpc) is 2.92. The number of benzene rings is 1. The molecule has 1 amide bonds. The first-order valence-electron chi connectivity index (χ1n) is 9.10. The zero-order valence-corrected chi connectivity index (χ0v) is 18.7. The minimum Gasteiger partial charge on any atom is -0.496 e. The molecule has 1 N–H and O–H groups in total. The third-order valence-corrected chi connectivity index (χ3v) is 5.39. The number of nitrogens with one attached hydrogen (secondary N) is 1. The average molecular weight is 429 g/mol. The minimum atomic E-state index is -0.223. The molecule has 1 aliphatic heterocycles. The van der Waals surface area contributed by atoms with Crippen molar-refractivity contribution in [3.05, 3.63) is 46.8 Å². The monoisotopic (exact) mass is 428 g/mol. The van der Waals surface area contributed by atoms with Crippen LogP contribution in [0.5, 0.6) is 5.75 Å². The fourth-order valence-electron chi connectivity index (χ4n) is 3.98. The van der Waals surface area contributed by atoms with E-state index in [4.69, 9.17) is 4.74 Å². The van der Waals surface area contributed by atoms with Crippen molar-refractivity contribution in [2.75, 3.05) is 26.7 Å². The van der Waals surface area contributed by atoms with Crippen LogP contribution in [0.2, 0.25) is 0 Å². The van der Waals surface area contributed by atoms with Crippen LogP contribution < -0.4 is 10.1 Å². The number of methoxy groups -OCH3 is 1. The van der Waals surface area contributed by atoms with Crippen molar-refractivity contribution < 1.29 is 9.53 Å². The molecule has 1 aliphatic rings. The van der Waals surface area contributed by atoms with E-state index in [0.29, 0.717) is 6.54 Å². The number of aryl methyl sites for hydroxylation is 2. The first kappa shape index (κ1) is 24.3. The molecule has 2 unspecified atom stereocenters. The van der Waals surface area contributed by atoms with Crippen molar-refractivity contribution in [1.82, 2.24) is 20.0 Å². The molecule has 28 heavy (non-hydrogen) atoms. The lowest BCUT2D eigenvalue weighted by molar-refractivity contribution is -0.135. The molecule has 0 bridgehead atoms. The Bertz CT molecular complexity index is 809. The maximum Gasteiger partial charge on any atom is 0.230 e. The quantitative estimate of drug-likeness (QED) is 0.811. The van der Waals surface area contributed by atoms with Gasteiger partial charge in [-0.25, -0.2) is 0 Å². The number of carbonyl (C=O) groups is 1. The Morgan fingerprint density at radius 2 is 1.96 bits per heavy atom. The van der Waals surface area contributed by atoms with E-state index in [2.05, 4.69) is 10.4 Å². The predicted octanol–water partition coefficient (Wildman–Crippen LogP) is 3.17. The van der Waals surface area contributed by atoms with Gasteiger partial charge in [-0.3, -0.25) is 9.48 Å². The molecule has 1 fully saturated rings. The summed E-state index contributed by atoms with van der Waals surface area (Å²) in [6, 6.07) is 7.91. The van der Waals surface area contributed by atoms with Gasteiger partial charge in [0.05, 0.1) is 24.8 Å². The van der Waals surface area contributed by atoms with Gasteiger partial charge in [-0.1, -0.05) is 18.2 Å². The maximum absolute atomic E-state index is 13.4. The van der Waals surface area contributed by atoms with Gasteiger partial charge in [0.2, 0.25) is 5.91 Å². The van der Waals surface area contributed by atoms with Crippen molar-refractivity contribution in [1.29, 1.82) is 0 Å². The lowest BCUT2D eigenvalue weighted by atomic mass is 9.94. The standard InChI is InChI=1S/C20H28N4O2.2ClH/c1-13(19-14(2)22-23(4)15(19)3)20(25)24-11-10-21-12-17(24)16-8-6-7-9-18(16)26-5;;/h6-9,13,17,21H,10-12H2,1-5H3;2*1H. The molecule has 6 nitrogen and oxygen atoms in total. The van der Waals surface area contributed by atoms with Crippen molar-refractivity contribution >= 4 is 30.7 Å². The van der Waals surface area contributed by atoms with E-state index >= 15 is 0 Å². The lowest BCUT2D eigenvalue weighted by Gasteiger charge is -2.38. The van der Waals surface area contributed by atoms with E-state index in [0.717, 1.165) is 41.4 Å². The molecule has 1 saturated heterocycles. The highest BCUT2D eigenvalue weighted by atomic mass is 35.5. The Morgan fingerprint density at radius 3 is 2.57 bits per heavy atom. The maximum atomic E-state index is 13.4. The summed E-state index contributed by atoms with van der Waals surface area (Å²) >= 11 is 0. The second kappa shape index (κ2) is 10.1. The van der Waals surface area contributed by atoms with Gasteiger partial charge in [0.25, 0.3) is 0 Å². The molecule has 2 atom stereocenters. The molecule has 0 saturated carbocycles. The number of rotatable bonds is 4. The van der Waals surface area contributed by atoms with Gasteiger partial charge in [0.1, 0.15) is 5.75 Å². The van der Waals surface area contributed by atoms with Crippen LogP contribution in [0.3, 0.4) is 0 Å². The Kier molecular flexibility index (Phi) is 8.79. The van der Waals surface area contributed by atoms with Crippen LogP contribution in [0.25, 0.3) is 0 Å². The second-order valence-corrected chi connectivity index (χ2v) is 6.92. The fourth-order valence-corrected chi connectivity index (χ4v) is 3.98. The summed E-state index contributed by atoms with van der Waals surface area (Å²) in [6.07, 6.45) is 0. The normalized spacial score (nSPS) is 17.3. The van der Waals surface area contributed by atoms with Crippen LogP contribution in [0, 0.1) is 13.8 Å². The number of halogens is 2. The predicted molar refractivity (Wildman–Crippen MR) is 116 cm³/mol. The van der Waals surface area contributed by atoms with Gasteiger partial charge >= 0.3 is 0 Å². The number of hydrogen-bond acceptors (Lipinski definition) is 4. The zero-order valence-electron chi connectivity index (χ0n) is 17.1. The van der Waals surface area contributed by atoms with Crippen molar-refractivity contribution in [2.45, 2.75) is 32.7 Å². The first-order chi connectivity index (χ1) is 12.5. The van der Waals surface area contributed by atoms with Crippen LogP contribution in [0.1, 0.15) is 41.4 Å². The van der Waals surface area contributed by atoms with E-state index in [-0.39, 0.29) is 42.7 Å². The highest BCUT2D eigenvalue weighted by molar-refractivity contribution is 5.86. The molecule has 1 aromatic carbocycles. The smallest absolute Gasteiger partial charge is 0.230 e. The van der Waals surface area contributed by atoms with Gasteiger partial charge in [0.15, 0.2) is 0 Å². The third kappa shape index (κ3) is 4.45. The van der Waals surface area contributed by atoms with Gasteiger partial charge in [-0.15, -0.1) is 24.8 Å². The second-order valence-electron chi connectivity index (χ2n) is 6.92. The van der Waals surface area contributed by atoms with E-state index in [1.807, 2.05) is 61.7 Å². The summed E-state index contributed by atoms with van der Waals surface area (Å²) in [7, 11) is 3.59. The molecule has 8 heteroatoms. The summed E-state index contributed by atoms with van der Waals surface area (Å²) < 4.78 is 7.39. The van der Waals surface area contributed by atoms with Crippen LogP contribution in [0.4, 0.5) is 0 Å². The van der Waals surface area contributed by atoms with Crippen LogP contribution in [-0.2, 0) is 11.8 Å². The molecule has 0 radical (unpaired) electrons. The zero-order chi connectivity index (χ0) is 18.8. The van der Waals surface area contributed by atoms with Crippen molar-refractivity contribution in [3.8, 4) is 5.75 Å². The van der Waals surface area contributed by atoms with Crippen LogP contribution >= 0.6 is 24.8 Å². The SMILES string of the molecule is COc1ccccc1C1CNCCN1C(=O)C(C)c1c(C)nn(C)c1C.Cl.Cl. The Labute approximate surface area is 179 Å². The number of nitrogens with zero attached hydrogens (tertiary/aromatic N) is 3.